The predicted molar refractivity (Wildman–Crippen MR) is 85.9 cm³/mol. The number of ether oxygens (including phenoxy) is 1. The zero-order chi connectivity index (χ0) is 15.6. The molecule has 2 rings (SSSR count). The fraction of sp³-hybridized carbons (Fsp3) is 0.562. The summed E-state index contributed by atoms with van der Waals surface area (Å²) in [4.78, 5) is 20.1. The second-order valence-corrected chi connectivity index (χ2v) is 5.32. The highest BCUT2D eigenvalue weighted by atomic mass is 16.5. The molecule has 1 aromatic rings. The number of anilines is 1. The van der Waals surface area contributed by atoms with Crippen molar-refractivity contribution in [2.24, 2.45) is 0 Å². The van der Waals surface area contributed by atoms with E-state index in [0.717, 1.165) is 13.0 Å². The molecule has 0 saturated carbocycles. The standard InChI is InChI=1S/C16H24N4O2/c1-22-10-9-18-16(21)14-11-20-15(12-19-14)17-8-7-13-5-3-2-4-6-13/h5,11-12H,2-4,6-10H2,1H3,(H,17,20)(H,18,21). The van der Waals surface area contributed by atoms with Crippen LogP contribution in [0.25, 0.3) is 0 Å². The molecule has 0 aromatic carbocycles. The van der Waals surface area contributed by atoms with Crippen molar-refractivity contribution in [3.63, 3.8) is 0 Å². The van der Waals surface area contributed by atoms with Crippen molar-refractivity contribution in [3.8, 4) is 0 Å². The molecule has 0 atom stereocenters. The third-order valence-corrected chi connectivity index (χ3v) is 3.61. The van der Waals surface area contributed by atoms with Gasteiger partial charge in [0.1, 0.15) is 11.5 Å². The smallest absolute Gasteiger partial charge is 0.271 e. The third-order valence-electron chi connectivity index (χ3n) is 3.61. The molecule has 1 heterocycles. The summed E-state index contributed by atoms with van der Waals surface area (Å²) < 4.78 is 4.88. The van der Waals surface area contributed by atoms with Crippen LogP contribution in [-0.4, -0.2) is 42.7 Å². The number of aromatic nitrogens is 2. The van der Waals surface area contributed by atoms with Crippen LogP contribution in [0.15, 0.2) is 24.0 Å². The van der Waals surface area contributed by atoms with Crippen LogP contribution < -0.4 is 10.6 Å². The predicted octanol–water partition coefficient (Wildman–Crippen LogP) is 2.16. The van der Waals surface area contributed by atoms with Crippen molar-refractivity contribution >= 4 is 11.7 Å². The van der Waals surface area contributed by atoms with Crippen molar-refractivity contribution in [2.75, 3.05) is 32.1 Å². The highest BCUT2D eigenvalue weighted by Crippen LogP contribution is 2.19. The van der Waals surface area contributed by atoms with Gasteiger partial charge in [-0.1, -0.05) is 11.6 Å². The molecule has 0 spiro atoms. The maximum atomic E-state index is 11.8. The lowest BCUT2D eigenvalue weighted by molar-refractivity contribution is 0.0932. The monoisotopic (exact) mass is 304 g/mol. The molecule has 0 saturated heterocycles. The Labute approximate surface area is 131 Å². The summed E-state index contributed by atoms with van der Waals surface area (Å²) in [6.45, 7) is 1.79. The maximum Gasteiger partial charge on any atom is 0.271 e. The first kappa shape index (κ1) is 16.4. The number of nitrogens with zero attached hydrogens (tertiary/aromatic N) is 2. The van der Waals surface area contributed by atoms with Crippen LogP contribution in [0.4, 0.5) is 5.82 Å². The molecular formula is C16H24N4O2. The van der Waals surface area contributed by atoms with Gasteiger partial charge in [0, 0.05) is 20.2 Å². The van der Waals surface area contributed by atoms with E-state index in [9.17, 15) is 4.79 Å². The summed E-state index contributed by atoms with van der Waals surface area (Å²) >= 11 is 0. The van der Waals surface area contributed by atoms with Gasteiger partial charge in [-0.2, -0.15) is 0 Å². The van der Waals surface area contributed by atoms with E-state index >= 15 is 0 Å². The van der Waals surface area contributed by atoms with Crippen LogP contribution >= 0.6 is 0 Å². The Hall–Kier alpha value is -1.95. The van der Waals surface area contributed by atoms with Gasteiger partial charge < -0.3 is 15.4 Å². The van der Waals surface area contributed by atoms with Gasteiger partial charge in [-0.15, -0.1) is 0 Å². The first-order valence-corrected chi connectivity index (χ1v) is 7.80. The van der Waals surface area contributed by atoms with Crippen LogP contribution in [0.3, 0.4) is 0 Å². The van der Waals surface area contributed by atoms with Crippen LogP contribution in [-0.2, 0) is 4.74 Å². The Kier molecular flexibility index (Phi) is 6.83. The van der Waals surface area contributed by atoms with Gasteiger partial charge in [0.2, 0.25) is 0 Å². The summed E-state index contributed by atoms with van der Waals surface area (Å²) in [6, 6.07) is 0. The van der Waals surface area contributed by atoms with Gasteiger partial charge in [-0.25, -0.2) is 9.97 Å². The molecule has 1 aromatic heterocycles. The van der Waals surface area contributed by atoms with Gasteiger partial charge >= 0.3 is 0 Å². The number of amides is 1. The Bertz CT molecular complexity index is 499. The SMILES string of the molecule is COCCNC(=O)c1cnc(NCCC2=CCCCC2)cn1. The van der Waals surface area contributed by atoms with E-state index in [0.29, 0.717) is 24.7 Å². The highest BCUT2D eigenvalue weighted by molar-refractivity contribution is 5.91. The molecule has 1 amide bonds. The minimum absolute atomic E-state index is 0.233. The number of nitrogens with one attached hydrogen (secondary N) is 2. The quantitative estimate of drug-likeness (QED) is 0.568. The summed E-state index contributed by atoms with van der Waals surface area (Å²) in [7, 11) is 1.59. The lowest BCUT2D eigenvalue weighted by atomic mass is 9.97. The van der Waals surface area contributed by atoms with E-state index in [4.69, 9.17) is 4.74 Å². The lowest BCUT2D eigenvalue weighted by Gasteiger charge is -2.13. The van der Waals surface area contributed by atoms with Crippen molar-refractivity contribution < 1.29 is 9.53 Å². The number of allylic oxidation sites excluding steroid dienone is 1. The molecule has 120 valence electrons. The average Bonchev–Trinajstić information content (AvgIpc) is 2.56. The van der Waals surface area contributed by atoms with Gasteiger partial charge in [0.05, 0.1) is 19.0 Å². The van der Waals surface area contributed by atoms with Crippen molar-refractivity contribution in [1.82, 2.24) is 15.3 Å². The topological polar surface area (TPSA) is 76.1 Å². The van der Waals surface area contributed by atoms with E-state index in [1.807, 2.05) is 0 Å². The van der Waals surface area contributed by atoms with Gasteiger partial charge in [-0.3, -0.25) is 4.79 Å². The zero-order valence-electron chi connectivity index (χ0n) is 13.1. The number of hydrogen-bond donors (Lipinski definition) is 2. The third kappa shape index (κ3) is 5.44. The summed E-state index contributed by atoms with van der Waals surface area (Å²) in [5, 5.41) is 5.96. The average molecular weight is 304 g/mol. The lowest BCUT2D eigenvalue weighted by Crippen LogP contribution is -2.27. The highest BCUT2D eigenvalue weighted by Gasteiger charge is 2.07. The van der Waals surface area contributed by atoms with E-state index in [2.05, 4.69) is 26.7 Å². The Morgan fingerprint density at radius 2 is 2.18 bits per heavy atom. The molecule has 0 radical (unpaired) electrons. The molecule has 1 aliphatic rings. The molecule has 0 bridgehead atoms. The van der Waals surface area contributed by atoms with Crippen molar-refractivity contribution in [1.29, 1.82) is 0 Å². The first-order valence-electron chi connectivity index (χ1n) is 7.80. The molecule has 2 N–H and O–H groups in total. The zero-order valence-corrected chi connectivity index (χ0v) is 13.1. The van der Waals surface area contributed by atoms with Gasteiger partial charge in [0.25, 0.3) is 5.91 Å². The fourth-order valence-electron chi connectivity index (χ4n) is 2.38. The van der Waals surface area contributed by atoms with Crippen LogP contribution in [0.5, 0.6) is 0 Å². The first-order chi connectivity index (χ1) is 10.8. The molecule has 0 fully saturated rings. The van der Waals surface area contributed by atoms with E-state index in [-0.39, 0.29) is 5.91 Å². The van der Waals surface area contributed by atoms with Crippen LogP contribution in [0.2, 0.25) is 0 Å². The Balaban J connectivity index is 1.74. The largest absolute Gasteiger partial charge is 0.383 e. The molecule has 0 unspecified atom stereocenters. The number of rotatable bonds is 8. The van der Waals surface area contributed by atoms with Crippen LogP contribution in [0.1, 0.15) is 42.6 Å². The Morgan fingerprint density at radius 1 is 1.27 bits per heavy atom. The second-order valence-electron chi connectivity index (χ2n) is 5.32. The van der Waals surface area contributed by atoms with Crippen molar-refractivity contribution in [3.05, 3.63) is 29.7 Å². The minimum atomic E-state index is -0.233. The summed E-state index contributed by atoms with van der Waals surface area (Å²) in [6.07, 6.45) is 11.5. The normalized spacial score (nSPS) is 14.3. The molecule has 1 aliphatic carbocycles. The number of carbonyl (C=O) groups excluding carboxylic acids is 1. The van der Waals surface area contributed by atoms with E-state index < -0.39 is 0 Å². The van der Waals surface area contributed by atoms with E-state index in [1.54, 1.807) is 13.3 Å². The van der Waals surface area contributed by atoms with E-state index in [1.165, 1.54) is 37.5 Å². The fourth-order valence-corrected chi connectivity index (χ4v) is 2.38. The number of carbonyl (C=O) groups is 1. The Morgan fingerprint density at radius 3 is 2.86 bits per heavy atom. The second kappa shape index (κ2) is 9.15. The summed E-state index contributed by atoms with van der Waals surface area (Å²) in [5.41, 5.74) is 1.84. The number of methoxy groups -OCH3 is 1. The molecular weight excluding hydrogens is 280 g/mol. The molecule has 6 nitrogen and oxygen atoms in total. The molecule has 22 heavy (non-hydrogen) atoms. The minimum Gasteiger partial charge on any atom is -0.383 e. The van der Waals surface area contributed by atoms with Crippen LogP contribution in [0, 0.1) is 0 Å². The molecule has 6 heteroatoms. The molecule has 0 aliphatic heterocycles. The van der Waals surface area contributed by atoms with Crippen molar-refractivity contribution in [2.45, 2.75) is 32.1 Å². The summed E-state index contributed by atoms with van der Waals surface area (Å²) in [5.74, 6) is 0.466. The maximum absolute atomic E-state index is 11.8. The van der Waals surface area contributed by atoms with Gasteiger partial charge in [0.15, 0.2) is 0 Å². The number of hydrogen-bond acceptors (Lipinski definition) is 5. The van der Waals surface area contributed by atoms with Gasteiger partial charge in [-0.05, 0) is 32.1 Å².